The maximum absolute atomic E-state index is 5.71. The van der Waals surface area contributed by atoms with Crippen molar-refractivity contribution in [2.24, 2.45) is 0 Å². The number of nitrogens with one attached hydrogen (secondary N) is 2. The molecular formula is C15H34N4O2. The van der Waals surface area contributed by atoms with E-state index in [1.54, 1.807) is 0 Å². The molecular weight excluding hydrogens is 268 g/mol. The molecule has 0 aromatic rings. The molecule has 0 amide bonds. The molecule has 0 aromatic carbocycles. The van der Waals surface area contributed by atoms with Crippen molar-refractivity contribution in [1.29, 1.82) is 0 Å². The standard InChI is InChI=1S/C15H34N4O2/c1-16-4-3-5-17-6-7-19-10-14-20-12-8-18(2)9-13-21-15-11-19/h16-17H,3-15H2,1-2H3. The fraction of sp³-hybridized carbons (Fsp3) is 1.00. The second-order valence-corrected chi connectivity index (χ2v) is 5.58. The highest BCUT2D eigenvalue weighted by atomic mass is 16.5. The first kappa shape index (κ1) is 18.8. The molecule has 21 heavy (non-hydrogen) atoms. The van der Waals surface area contributed by atoms with Crippen LogP contribution in [0.15, 0.2) is 0 Å². The highest BCUT2D eigenvalue weighted by Gasteiger charge is 2.07. The molecule has 6 heteroatoms. The van der Waals surface area contributed by atoms with E-state index in [2.05, 4.69) is 27.5 Å². The Bertz CT molecular complexity index is 218. The lowest BCUT2D eigenvalue weighted by atomic mass is 10.4. The maximum Gasteiger partial charge on any atom is 0.0594 e. The van der Waals surface area contributed by atoms with Gasteiger partial charge in [-0.2, -0.15) is 0 Å². The van der Waals surface area contributed by atoms with Crippen LogP contribution < -0.4 is 10.6 Å². The molecule has 1 aliphatic heterocycles. The number of hydrogen-bond acceptors (Lipinski definition) is 6. The molecule has 0 spiro atoms. The van der Waals surface area contributed by atoms with Crippen molar-refractivity contribution in [3.05, 3.63) is 0 Å². The Morgan fingerprint density at radius 3 is 2.10 bits per heavy atom. The van der Waals surface area contributed by atoms with Crippen LogP contribution in [0.3, 0.4) is 0 Å². The summed E-state index contributed by atoms with van der Waals surface area (Å²) in [5.74, 6) is 0. The van der Waals surface area contributed by atoms with Gasteiger partial charge in [0.1, 0.15) is 0 Å². The molecule has 1 heterocycles. The van der Waals surface area contributed by atoms with Crippen molar-refractivity contribution in [1.82, 2.24) is 20.4 Å². The third-order valence-corrected chi connectivity index (χ3v) is 3.72. The zero-order valence-electron chi connectivity index (χ0n) is 13.9. The third-order valence-electron chi connectivity index (χ3n) is 3.72. The predicted molar refractivity (Wildman–Crippen MR) is 87.0 cm³/mol. The largest absolute Gasteiger partial charge is 0.379 e. The molecule has 1 fully saturated rings. The summed E-state index contributed by atoms with van der Waals surface area (Å²) in [6.07, 6.45) is 1.18. The van der Waals surface area contributed by atoms with Gasteiger partial charge in [-0.05, 0) is 33.6 Å². The van der Waals surface area contributed by atoms with E-state index in [0.717, 1.165) is 78.8 Å². The topological polar surface area (TPSA) is 49.0 Å². The van der Waals surface area contributed by atoms with Gasteiger partial charge in [0.15, 0.2) is 0 Å². The smallest absolute Gasteiger partial charge is 0.0594 e. The lowest BCUT2D eigenvalue weighted by Gasteiger charge is -2.24. The molecule has 0 aliphatic carbocycles. The Balaban J connectivity index is 2.12. The van der Waals surface area contributed by atoms with E-state index in [1.807, 2.05) is 7.05 Å². The van der Waals surface area contributed by atoms with Gasteiger partial charge in [-0.15, -0.1) is 0 Å². The zero-order chi connectivity index (χ0) is 15.2. The summed E-state index contributed by atoms with van der Waals surface area (Å²) in [7, 11) is 4.11. The van der Waals surface area contributed by atoms with Gasteiger partial charge in [0, 0.05) is 39.3 Å². The molecule has 2 N–H and O–H groups in total. The Kier molecular flexibility index (Phi) is 12.0. The van der Waals surface area contributed by atoms with E-state index in [4.69, 9.17) is 9.47 Å². The Morgan fingerprint density at radius 1 is 0.857 bits per heavy atom. The average molecular weight is 302 g/mol. The molecule has 0 unspecified atom stereocenters. The van der Waals surface area contributed by atoms with Gasteiger partial charge >= 0.3 is 0 Å². The average Bonchev–Trinajstić information content (AvgIpc) is 2.47. The Hall–Kier alpha value is -0.240. The van der Waals surface area contributed by atoms with Crippen LogP contribution in [0, 0.1) is 0 Å². The summed E-state index contributed by atoms with van der Waals surface area (Å²) >= 11 is 0. The van der Waals surface area contributed by atoms with Crippen LogP contribution >= 0.6 is 0 Å². The molecule has 1 rings (SSSR count). The number of hydrogen-bond donors (Lipinski definition) is 2. The normalized spacial score (nSPS) is 20.9. The number of rotatable bonds is 7. The van der Waals surface area contributed by atoms with Crippen LogP contribution in [-0.4, -0.2) is 103 Å². The second kappa shape index (κ2) is 13.4. The van der Waals surface area contributed by atoms with Crippen LogP contribution in [0.1, 0.15) is 6.42 Å². The van der Waals surface area contributed by atoms with Gasteiger partial charge < -0.3 is 25.0 Å². The fourth-order valence-corrected chi connectivity index (χ4v) is 2.23. The van der Waals surface area contributed by atoms with Gasteiger partial charge in [0.2, 0.25) is 0 Å². The van der Waals surface area contributed by atoms with Crippen LogP contribution in [0.25, 0.3) is 0 Å². The first-order chi connectivity index (χ1) is 10.3. The SMILES string of the molecule is CNCCCNCCN1CCOCCN(C)CCOCC1. The van der Waals surface area contributed by atoms with Crippen molar-refractivity contribution >= 4 is 0 Å². The van der Waals surface area contributed by atoms with Crippen molar-refractivity contribution < 1.29 is 9.47 Å². The minimum absolute atomic E-state index is 0.812. The summed E-state index contributed by atoms with van der Waals surface area (Å²) < 4.78 is 11.4. The van der Waals surface area contributed by atoms with E-state index in [1.165, 1.54) is 6.42 Å². The van der Waals surface area contributed by atoms with E-state index in [-0.39, 0.29) is 0 Å². The summed E-state index contributed by atoms with van der Waals surface area (Å²) in [5.41, 5.74) is 0. The number of likely N-dealkylation sites (N-methyl/N-ethyl adjacent to an activating group) is 1. The van der Waals surface area contributed by atoms with Crippen LogP contribution in [0.5, 0.6) is 0 Å². The molecule has 0 radical (unpaired) electrons. The first-order valence-electron chi connectivity index (χ1n) is 8.24. The monoisotopic (exact) mass is 302 g/mol. The third kappa shape index (κ3) is 11.0. The highest BCUT2D eigenvalue weighted by Crippen LogP contribution is 1.93. The van der Waals surface area contributed by atoms with E-state index < -0.39 is 0 Å². The van der Waals surface area contributed by atoms with Crippen molar-refractivity contribution in [2.75, 3.05) is 92.9 Å². The van der Waals surface area contributed by atoms with Crippen LogP contribution in [-0.2, 0) is 9.47 Å². The number of nitrogens with zero attached hydrogens (tertiary/aromatic N) is 2. The van der Waals surface area contributed by atoms with Crippen LogP contribution in [0.4, 0.5) is 0 Å². The maximum atomic E-state index is 5.71. The summed E-state index contributed by atoms with van der Waals surface area (Å²) in [4.78, 5) is 4.69. The van der Waals surface area contributed by atoms with E-state index in [9.17, 15) is 0 Å². The van der Waals surface area contributed by atoms with Gasteiger partial charge in [-0.25, -0.2) is 0 Å². The quantitative estimate of drug-likeness (QED) is 0.617. The van der Waals surface area contributed by atoms with Gasteiger partial charge in [-0.1, -0.05) is 0 Å². The molecule has 0 saturated carbocycles. The van der Waals surface area contributed by atoms with E-state index >= 15 is 0 Å². The molecule has 6 nitrogen and oxygen atoms in total. The second-order valence-electron chi connectivity index (χ2n) is 5.58. The van der Waals surface area contributed by atoms with Crippen molar-refractivity contribution in [3.8, 4) is 0 Å². The van der Waals surface area contributed by atoms with Crippen molar-refractivity contribution in [2.45, 2.75) is 6.42 Å². The molecule has 1 aliphatic rings. The van der Waals surface area contributed by atoms with Crippen molar-refractivity contribution in [3.63, 3.8) is 0 Å². The van der Waals surface area contributed by atoms with Gasteiger partial charge in [-0.3, -0.25) is 4.90 Å². The molecule has 0 aromatic heterocycles. The highest BCUT2D eigenvalue weighted by molar-refractivity contribution is 4.61. The molecule has 0 atom stereocenters. The summed E-state index contributed by atoms with van der Waals surface area (Å²) in [5, 5.41) is 6.65. The van der Waals surface area contributed by atoms with Gasteiger partial charge in [0.05, 0.1) is 26.4 Å². The lowest BCUT2D eigenvalue weighted by Crippen LogP contribution is -2.38. The van der Waals surface area contributed by atoms with Crippen LogP contribution in [0.2, 0.25) is 0 Å². The molecule has 126 valence electrons. The first-order valence-corrected chi connectivity index (χ1v) is 8.24. The fourth-order valence-electron chi connectivity index (χ4n) is 2.23. The summed E-state index contributed by atoms with van der Waals surface area (Å²) in [6, 6.07) is 0. The predicted octanol–water partition coefficient (Wildman–Crippen LogP) is -0.534. The van der Waals surface area contributed by atoms with E-state index in [0.29, 0.717) is 0 Å². The zero-order valence-corrected chi connectivity index (χ0v) is 13.9. The minimum atomic E-state index is 0.812. The number of ether oxygens (including phenoxy) is 2. The minimum Gasteiger partial charge on any atom is -0.379 e. The molecule has 1 saturated heterocycles. The lowest BCUT2D eigenvalue weighted by molar-refractivity contribution is 0.0442. The van der Waals surface area contributed by atoms with Gasteiger partial charge in [0.25, 0.3) is 0 Å². The Labute approximate surface area is 130 Å². The molecule has 0 bridgehead atoms. The summed E-state index contributed by atoms with van der Waals surface area (Å²) in [6.45, 7) is 11.4. The Morgan fingerprint density at radius 2 is 1.48 bits per heavy atom.